The number of hydrogen-bond acceptors (Lipinski definition) is 3. The molecule has 1 fully saturated rings. The number of nitrogens with one attached hydrogen (secondary N) is 1. The first kappa shape index (κ1) is 23.2. The molecule has 1 aliphatic rings. The van der Waals surface area contributed by atoms with E-state index in [0.717, 1.165) is 25.7 Å². The second-order valence-corrected chi connectivity index (χ2v) is 8.65. The van der Waals surface area contributed by atoms with Gasteiger partial charge < -0.3 is 5.32 Å². The molecule has 6 heteroatoms. The molecule has 0 radical (unpaired) electrons. The molecule has 1 aromatic carbocycles. The molecule has 3 rings (SSSR count). The van der Waals surface area contributed by atoms with E-state index in [1.165, 1.54) is 67.8 Å². The van der Waals surface area contributed by atoms with Crippen LogP contribution in [0.25, 0.3) is 11.3 Å². The highest BCUT2D eigenvalue weighted by Gasteiger charge is 2.21. The fraction of sp³-hybridized carbons (Fsp3) is 0.560. The second kappa shape index (κ2) is 11.8. The van der Waals surface area contributed by atoms with E-state index in [1.54, 1.807) is 25.1 Å². The number of nitrogens with zero attached hydrogens (tertiary/aromatic N) is 2. The summed E-state index contributed by atoms with van der Waals surface area (Å²) in [6, 6.07) is 8.37. The predicted molar refractivity (Wildman–Crippen MR) is 121 cm³/mol. The molecule has 168 valence electrons. The molecule has 1 heterocycles. The van der Waals surface area contributed by atoms with E-state index in [1.807, 2.05) is 0 Å². The van der Waals surface area contributed by atoms with Crippen molar-refractivity contribution in [2.45, 2.75) is 89.6 Å². The molecule has 1 atom stereocenters. The first-order chi connectivity index (χ1) is 15.0. The Morgan fingerprint density at radius 2 is 1.48 bits per heavy atom. The van der Waals surface area contributed by atoms with Gasteiger partial charge in [-0.3, -0.25) is 9.59 Å². The van der Waals surface area contributed by atoms with Crippen LogP contribution >= 0.6 is 0 Å². The minimum absolute atomic E-state index is 0.144. The van der Waals surface area contributed by atoms with Gasteiger partial charge in [0.2, 0.25) is 5.91 Å². The summed E-state index contributed by atoms with van der Waals surface area (Å²) in [4.78, 5) is 25.4. The number of carbonyl (C=O) groups is 1. The van der Waals surface area contributed by atoms with Crippen molar-refractivity contribution in [2.75, 3.05) is 0 Å². The van der Waals surface area contributed by atoms with Crippen molar-refractivity contribution in [1.82, 2.24) is 15.1 Å². The third-order valence-corrected chi connectivity index (χ3v) is 6.16. The lowest BCUT2D eigenvalue weighted by Gasteiger charge is -2.22. The number of rotatable bonds is 4. The molecule has 0 bridgehead atoms. The van der Waals surface area contributed by atoms with Crippen LogP contribution in [0.5, 0.6) is 0 Å². The van der Waals surface area contributed by atoms with Crippen LogP contribution in [-0.4, -0.2) is 21.7 Å². The van der Waals surface area contributed by atoms with Crippen LogP contribution in [0.15, 0.2) is 41.2 Å². The SMILES string of the molecule is CC(C(=O)NC1CCCCCCCCCCC1)n1nc(-c2ccc(F)cc2)ccc1=O. The number of hydrogen-bond donors (Lipinski definition) is 1. The Morgan fingerprint density at radius 3 is 2.06 bits per heavy atom. The second-order valence-electron chi connectivity index (χ2n) is 8.65. The van der Waals surface area contributed by atoms with Gasteiger partial charge in [0, 0.05) is 17.7 Å². The highest BCUT2D eigenvalue weighted by molar-refractivity contribution is 5.80. The Bertz CT molecular complexity index is 882. The van der Waals surface area contributed by atoms with Gasteiger partial charge in [-0.1, -0.05) is 57.8 Å². The molecule has 5 nitrogen and oxygen atoms in total. The third kappa shape index (κ3) is 7.01. The van der Waals surface area contributed by atoms with Crippen LogP contribution < -0.4 is 10.9 Å². The van der Waals surface area contributed by atoms with Gasteiger partial charge in [-0.05, 0) is 50.1 Å². The number of carbonyl (C=O) groups excluding carboxylic acids is 1. The molecular weight excluding hydrogens is 393 g/mol. The summed E-state index contributed by atoms with van der Waals surface area (Å²) in [5.41, 5.74) is 0.902. The van der Waals surface area contributed by atoms with Crippen molar-refractivity contribution in [2.24, 2.45) is 0 Å². The first-order valence-corrected chi connectivity index (χ1v) is 11.7. The normalized spacial score (nSPS) is 17.9. The minimum atomic E-state index is -0.714. The van der Waals surface area contributed by atoms with E-state index in [2.05, 4.69) is 10.4 Å². The Kier molecular flexibility index (Phi) is 8.80. The topological polar surface area (TPSA) is 64.0 Å². The van der Waals surface area contributed by atoms with Gasteiger partial charge in [-0.15, -0.1) is 0 Å². The summed E-state index contributed by atoms with van der Waals surface area (Å²) in [5.74, 6) is -0.509. The summed E-state index contributed by atoms with van der Waals surface area (Å²) in [5, 5.41) is 7.57. The molecule has 1 saturated carbocycles. The van der Waals surface area contributed by atoms with Crippen LogP contribution in [0.3, 0.4) is 0 Å². The molecule has 0 spiro atoms. The highest BCUT2D eigenvalue weighted by atomic mass is 19.1. The summed E-state index contributed by atoms with van der Waals surface area (Å²) >= 11 is 0. The summed E-state index contributed by atoms with van der Waals surface area (Å²) in [6.45, 7) is 1.70. The van der Waals surface area contributed by atoms with E-state index < -0.39 is 6.04 Å². The van der Waals surface area contributed by atoms with E-state index in [-0.39, 0.29) is 23.3 Å². The van der Waals surface area contributed by atoms with E-state index >= 15 is 0 Å². The van der Waals surface area contributed by atoms with Crippen molar-refractivity contribution in [3.05, 3.63) is 52.6 Å². The Hall–Kier alpha value is -2.50. The zero-order chi connectivity index (χ0) is 22.1. The van der Waals surface area contributed by atoms with Crippen LogP contribution in [0, 0.1) is 5.82 Å². The molecule has 31 heavy (non-hydrogen) atoms. The average Bonchev–Trinajstić information content (AvgIpc) is 2.76. The largest absolute Gasteiger partial charge is 0.352 e. The molecule has 1 amide bonds. The minimum Gasteiger partial charge on any atom is -0.352 e. The van der Waals surface area contributed by atoms with Crippen LogP contribution in [0.2, 0.25) is 0 Å². The maximum Gasteiger partial charge on any atom is 0.267 e. The molecular formula is C25H34FN3O2. The van der Waals surface area contributed by atoms with Crippen molar-refractivity contribution in [3.63, 3.8) is 0 Å². The van der Waals surface area contributed by atoms with Crippen molar-refractivity contribution >= 4 is 5.91 Å². The van der Waals surface area contributed by atoms with Gasteiger partial charge in [0.15, 0.2) is 0 Å². The van der Waals surface area contributed by atoms with Crippen molar-refractivity contribution in [1.29, 1.82) is 0 Å². The Balaban J connectivity index is 1.68. The lowest BCUT2D eigenvalue weighted by molar-refractivity contribution is -0.125. The first-order valence-electron chi connectivity index (χ1n) is 11.7. The smallest absolute Gasteiger partial charge is 0.267 e. The summed E-state index contributed by atoms with van der Waals surface area (Å²) < 4.78 is 14.4. The van der Waals surface area contributed by atoms with Gasteiger partial charge in [0.25, 0.3) is 5.56 Å². The highest BCUT2D eigenvalue weighted by Crippen LogP contribution is 2.19. The average molecular weight is 428 g/mol. The molecule has 0 saturated heterocycles. The standard InChI is InChI=1S/C25H34FN3O2/c1-19(25(31)27-22-11-9-7-5-3-2-4-6-8-10-12-22)29-24(30)18-17-23(28-29)20-13-15-21(26)16-14-20/h13-19,22H,2-12H2,1H3,(H,27,31). The molecule has 1 aliphatic carbocycles. The summed E-state index contributed by atoms with van der Waals surface area (Å²) in [7, 11) is 0. The fourth-order valence-corrected chi connectivity index (χ4v) is 4.22. The third-order valence-electron chi connectivity index (χ3n) is 6.16. The maximum atomic E-state index is 13.2. The van der Waals surface area contributed by atoms with E-state index in [0.29, 0.717) is 11.3 Å². The van der Waals surface area contributed by atoms with Gasteiger partial charge in [-0.25, -0.2) is 9.07 Å². The Morgan fingerprint density at radius 1 is 0.935 bits per heavy atom. The van der Waals surface area contributed by atoms with Crippen LogP contribution in [0.4, 0.5) is 4.39 Å². The molecule has 1 aromatic heterocycles. The van der Waals surface area contributed by atoms with Crippen molar-refractivity contribution in [3.8, 4) is 11.3 Å². The molecule has 2 aromatic rings. The lowest BCUT2D eigenvalue weighted by atomic mass is 9.98. The van der Waals surface area contributed by atoms with Crippen LogP contribution in [0.1, 0.15) is 83.6 Å². The predicted octanol–water partition coefficient (Wildman–Crippen LogP) is 5.40. The zero-order valence-electron chi connectivity index (χ0n) is 18.5. The Labute approximate surface area is 184 Å². The zero-order valence-corrected chi connectivity index (χ0v) is 18.5. The van der Waals surface area contributed by atoms with Crippen molar-refractivity contribution < 1.29 is 9.18 Å². The quantitative estimate of drug-likeness (QED) is 0.710. The van der Waals surface area contributed by atoms with Gasteiger partial charge in [-0.2, -0.15) is 5.10 Å². The number of benzene rings is 1. The van der Waals surface area contributed by atoms with Gasteiger partial charge in [0.05, 0.1) is 5.69 Å². The fourth-order valence-electron chi connectivity index (χ4n) is 4.22. The molecule has 1 unspecified atom stereocenters. The van der Waals surface area contributed by atoms with Gasteiger partial charge in [0.1, 0.15) is 11.9 Å². The lowest BCUT2D eigenvalue weighted by Crippen LogP contribution is -2.42. The van der Waals surface area contributed by atoms with E-state index in [9.17, 15) is 14.0 Å². The number of amides is 1. The maximum absolute atomic E-state index is 13.2. The molecule has 1 N–H and O–H groups in total. The monoisotopic (exact) mass is 427 g/mol. The van der Waals surface area contributed by atoms with E-state index in [4.69, 9.17) is 0 Å². The summed E-state index contributed by atoms with van der Waals surface area (Å²) in [6.07, 6.45) is 13.1. The van der Waals surface area contributed by atoms with Gasteiger partial charge >= 0.3 is 0 Å². The number of aromatic nitrogens is 2. The number of halogens is 1. The molecule has 0 aliphatic heterocycles. The van der Waals surface area contributed by atoms with Crippen LogP contribution in [-0.2, 0) is 4.79 Å².